The zero-order chi connectivity index (χ0) is 14.5. The summed E-state index contributed by atoms with van der Waals surface area (Å²) in [6.45, 7) is 0. The molecule has 17 heavy (non-hydrogen) atoms. The van der Waals surface area contributed by atoms with Gasteiger partial charge in [-0.3, -0.25) is 0 Å². The van der Waals surface area contributed by atoms with Crippen molar-refractivity contribution in [1.29, 1.82) is 0 Å². The molecule has 0 saturated carbocycles. The fourth-order valence-corrected chi connectivity index (χ4v) is 3.42. The fraction of sp³-hybridized carbons (Fsp3) is 1.00. The van der Waals surface area contributed by atoms with Crippen LogP contribution in [0.25, 0.3) is 0 Å². The number of rotatable bonds is 3. The van der Waals surface area contributed by atoms with Gasteiger partial charge in [0.1, 0.15) is 10.1 Å². The van der Waals surface area contributed by atoms with E-state index in [4.69, 9.17) is 104 Å². The van der Waals surface area contributed by atoms with Crippen LogP contribution in [0.4, 0.5) is 0 Å². The maximum atomic E-state index is 10.8. The first-order valence-corrected chi connectivity index (χ1v) is 7.96. The largest absolute Gasteiger partial charge is 0.746 e. The zero-order valence-corrected chi connectivity index (χ0v) is 14.7. The van der Waals surface area contributed by atoms with Crippen LogP contribution in [-0.4, -0.2) is 29.1 Å². The van der Waals surface area contributed by atoms with Crippen molar-refractivity contribution in [3.63, 3.8) is 0 Å². The molecule has 0 bridgehead atoms. The Hall–Kier alpha value is 2.52. The summed E-state index contributed by atoms with van der Waals surface area (Å²) in [7, 11) is -5.43. The molecular formula is C4Cl9O3S-. The van der Waals surface area contributed by atoms with E-state index in [1.54, 1.807) is 0 Å². The molecule has 0 rings (SSSR count). The third kappa shape index (κ3) is 3.41. The molecule has 0 aromatic rings. The molecule has 0 fully saturated rings. The lowest BCUT2D eigenvalue weighted by molar-refractivity contribution is 0.445. The summed E-state index contributed by atoms with van der Waals surface area (Å²) >= 11 is 48.6. The Kier molecular flexibility index (Phi) is 6.17. The third-order valence-corrected chi connectivity index (χ3v) is 8.76. The highest BCUT2D eigenvalue weighted by atomic mass is 35.6. The molecule has 0 aliphatic heterocycles. The quantitative estimate of drug-likeness (QED) is 0.477. The van der Waals surface area contributed by atoms with Gasteiger partial charge in [0, 0.05) is 0 Å². The first-order valence-electron chi connectivity index (χ1n) is 3.15. The molecule has 0 spiro atoms. The summed E-state index contributed by atoms with van der Waals surface area (Å²) in [6.07, 6.45) is 0. The van der Waals surface area contributed by atoms with Crippen LogP contribution in [-0.2, 0) is 10.1 Å². The molecule has 0 aliphatic carbocycles. The van der Waals surface area contributed by atoms with Crippen molar-refractivity contribution in [3.05, 3.63) is 0 Å². The van der Waals surface area contributed by atoms with Crippen LogP contribution in [0.5, 0.6) is 0 Å². The summed E-state index contributed by atoms with van der Waals surface area (Å²) in [5, 5.41) is 0. The van der Waals surface area contributed by atoms with E-state index in [-0.39, 0.29) is 0 Å². The first-order chi connectivity index (χ1) is 7.00. The van der Waals surface area contributed by atoms with Gasteiger partial charge in [-0.05, 0) is 0 Å². The average molecular weight is 447 g/mol. The second-order valence-corrected chi connectivity index (χ2v) is 10.8. The van der Waals surface area contributed by atoms with E-state index in [1.807, 2.05) is 0 Å². The fourth-order valence-electron chi connectivity index (χ4n) is 0.518. The molecule has 13 heteroatoms. The molecule has 0 N–H and O–H groups in total. The lowest BCUT2D eigenvalue weighted by atomic mass is 10.3. The summed E-state index contributed by atoms with van der Waals surface area (Å²) in [6, 6.07) is 0. The first kappa shape index (κ1) is 19.5. The van der Waals surface area contributed by atoms with E-state index in [0.29, 0.717) is 0 Å². The van der Waals surface area contributed by atoms with E-state index in [0.717, 1.165) is 0 Å². The highest BCUT2D eigenvalue weighted by Crippen LogP contribution is 2.63. The normalized spacial score (nSPS) is 16.1. The number of hydrogen-bond acceptors (Lipinski definition) is 3. The van der Waals surface area contributed by atoms with Gasteiger partial charge < -0.3 is 4.55 Å². The minimum absolute atomic E-state index is 2.58. The van der Waals surface area contributed by atoms with Gasteiger partial charge in [0.05, 0.1) is 0 Å². The summed E-state index contributed by atoms with van der Waals surface area (Å²) in [5.41, 5.74) is 0. The zero-order valence-electron chi connectivity index (χ0n) is 7.03. The van der Waals surface area contributed by atoms with Gasteiger partial charge >= 0.3 is 0 Å². The van der Waals surface area contributed by atoms with Crippen LogP contribution in [0.3, 0.4) is 0 Å². The molecule has 3 nitrogen and oxygen atoms in total. The third-order valence-electron chi connectivity index (χ3n) is 1.43. The van der Waals surface area contributed by atoms with Crippen molar-refractivity contribution in [3.8, 4) is 0 Å². The monoisotopic (exact) mass is 443 g/mol. The molecule has 0 aromatic carbocycles. The molecule has 104 valence electrons. The Bertz CT molecular complexity index is 393. The van der Waals surface area contributed by atoms with Crippen molar-refractivity contribution in [2.45, 2.75) is 16.1 Å². The van der Waals surface area contributed by atoms with Crippen molar-refractivity contribution in [2.75, 3.05) is 0 Å². The van der Waals surface area contributed by atoms with Crippen molar-refractivity contribution in [2.24, 2.45) is 0 Å². The molecular weight excluding hydrogens is 447 g/mol. The molecule has 0 atom stereocenters. The van der Waals surface area contributed by atoms with Gasteiger partial charge in [0.15, 0.2) is 0 Å². The second kappa shape index (κ2) is 5.38. The molecule has 0 aliphatic rings. The van der Waals surface area contributed by atoms with Crippen LogP contribution < -0.4 is 0 Å². The van der Waals surface area contributed by atoms with Gasteiger partial charge in [0.2, 0.25) is 16.1 Å². The van der Waals surface area contributed by atoms with Crippen LogP contribution in [0.2, 0.25) is 0 Å². The Morgan fingerprint density at radius 1 is 0.706 bits per heavy atom. The van der Waals surface area contributed by atoms with E-state index >= 15 is 0 Å². The van der Waals surface area contributed by atoms with Gasteiger partial charge in [-0.25, -0.2) is 8.42 Å². The number of alkyl halides is 9. The molecule has 0 aromatic heterocycles. The van der Waals surface area contributed by atoms with Crippen LogP contribution >= 0.6 is 104 Å². The predicted octanol–water partition coefficient (Wildman–Crippen LogP) is 4.38. The molecule has 0 unspecified atom stereocenters. The van der Waals surface area contributed by atoms with Crippen molar-refractivity contribution in [1.82, 2.24) is 0 Å². The van der Waals surface area contributed by atoms with Crippen LogP contribution in [0, 0.1) is 0 Å². The maximum absolute atomic E-state index is 10.8. The highest BCUT2D eigenvalue weighted by Gasteiger charge is 2.70. The van der Waals surface area contributed by atoms with Crippen molar-refractivity contribution >= 4 is 115 Å². The SMILES string of the molecule is O=S(=O)([O-])C(Cl)(Cl)C(Cl)(Cl)C(Cl)(Cl)C(Cl)(Cl)Cl. The van der Waals surface area contributed by atoms with E-state index in [2.05, 4.69) is 0 Å². The molecule has 0 saturated heterocycles. The summed E-state index contributed by atoms with van der Waals surface area (Å²) in [4.78, 5) is 0. The average Bonchev–Trinajstić information content (AvgIpc) is 1.98. The Labute approximate surface area is 142 Å². The molecule has 0 amide bonds. The lowest BCUT2D eigenvalue weighted by Crippen LogP contribution is -2.58. The predicted molar refractivity (Wildman–Crippen MR) is 73.3 cm³/mol. The lowest BCUT2D eigenvalue weighted by Gasteiger charge is -2.44. The maximum Gasteiger partial charge on any atom is 0.241 e. The number of hydrogen-bond donors (Lipinski definition) is 0. The Morgan fingerprint density at radius 2 is 1.00 bits per heavy atom. The molecule has 0 heterocycles. The highest BCUT2D eigenvalue weighted by molar-refractivity contribution is 7.90. The van der Waals surface area contributed by atoms with E-state index < -0.39 is 26.2 Å². The van der Waals surface area contributed by atoms with E-state index in [9.17, 15) is 13.0 Å². The van der Waals surface area contributed by atoms with Gasteiger partial charge in [-0.1, -0.05) is 104 Å². The van der Waals surface area contributed by atoms with Gasteiger partial charge in [-0.2, -0.15) is 0 Å². The van der Waals surface area contributed by atoms with E-state index in [1.165, 1.54) is 0 Å². The second-order valence-electron chi connectivity index (χ2n) is 2.62. The number of halogens is 9. The van der Waals surface area contributed by atoms with Crippen LogP contribution in [0.15, 0.2) is 0 Å². The standard InChI is InChI=1S/C4HCl9O3S/c5-1(6,3(9,10)11)2(7,8)4(12,13)17(14,15)16/h(H,14,15,16)/p-1. The Balaban J connectivity index is 5.91. The topological polar surface area (TPSA) is 57.2 Å². The van der Waals surface area contributed by atoms with Gasteiger partial charge in [0.25, 0.3) is 0 Å². The molecule has 0 radical (unpaired) electrons. The van der Waals surface area contributed by atoms with Crippen LogP contribution in [0.1, 0.15) is 0 Å². The summed E-state index contributed by atoms with van der Waals surface area (Å²) in [5.74, 6) is 0. The minimum atomic E-state index is -5.43. The Morgan fingerprint density at radius 3 is 1.18 bits per heavy atom. The van der Waals surface area contributed by atoms with Gasteiger partial charge in [-0.15, -0.1) is 0 Å². The summed E-state index contributed by atoms with van der Waals surface area (Å²) < 4.78 is 20.8. The minimum Gasteiger partial charge on any atom is -0.746 e. The smallest absolute Gasteiger partial charge is 0.241 e. The van der Waals surface area contributed by atoms with Crippen molar-refractivity contribution < 1.29 is 13.0 Å².